The summed E-state index contributed by atoms with van der Waals surface area (Å²) in [6.45, 7) is 3.77. The molecule has 1 amide bonds. The predicted octanol–water partition coefficient (Wildman–Crippen LogP) is 0.711. The second-order valence-corrected chi connectivity index (χ2v) is 6.47. The van der Waals surface area contributed by atoms with E-state index in [9.17, 15) is 14.4 Å². The van der Waals surface area contributed by atoms with Crippen molar-refractivity contribution in [3.05, 3.63) is 31.8 Å². The van der Waals surface area contributed by atoms with Gasteiger partial charge in [0.1, 0.15) is 5.65 Å². The molecule has 2 aromatic rings. The molecule has 3 N–H and O–H groups in total. The fourth-order valence-corrected chi connectivity index (χ4v) is 3.12. The lowest BCUT2D eigenvalue weighted by atomic mass is 10.0. The van der Waals surface area contributed by atoms with E-state index in [0.717, 1.165) is 0 Å². The van der Waals surface area contributed by atoms with Gasteiger partial charge >= 0.3 is 0 Å². The monoisotopic (exact) mass is 318 g/mol. The predicted molar refractivity (Wildman–Crippen MR) is 87.5 cm³/mol. The number of aromatic nitrogens is 3. The number of fused-ring (bicyclic) bond motifs is 1. The second-order valence-electron chi connectivity index (χ2n) is 6.47. The number of hydrogen-bond acceptors (Lipinski definition) is 3. The number of carbonyl (C=O) groups excluding carboxylic acids is 1. The van der Waals surface area contributed by atoms with Crippen molar-refractivity contribution in [2.24, 2.45) is 13.0 Å². The topological polar surface area (TPSA) is 99.8 Å². The first-order valence-corrected chi connectivity index (χ1v) is 7.98. The van der Waals surface area contributed by atoms with Crippen LogP contribution in [0.1, 0.15) is 37.3 Å². The van der Waals surface area contributed by atoms with Gasteiger partial charge in [0.2, 0.25) is 5.91 Å². The maximum absolute atomic E-state index is 12.3. The molecular formula is C16H22N4O3. The molecule has 0 saturated heterocycles. The van der Waals surface area contributed by atoms with Crippen LogP contribution in [0.4, 0.5) is 0 Å². The maximum Gasteiger partial charge on any atom is 0.273 e. The van der Waals surface area contributed by atoms with Crippen LogP contribution in [0, 0.1) is 12.8 Å². The molecule has 2 aromatic heterocycles. The summed E-state index contributed by atoms with van der Waals surface area (Å²) in [5.74, 6) is 0.550. The number of amides is 1. The van der Waals surface area contributed by atoms with Crippen LogP contribution in [-0.4, -0.2) is 26.7 Å². The van der Waals surface area contributed by atoms with Crippen molar-refractivity contribution in [3.63, 3.8) is 0 Å². The highest BCUT2D eigenvalue weighted by Gasteiger charge is 2.28. The van der Waals surface area contributed by atoms with E-state index in [0.29, 0.717) is 34.5 Å². The van der Waals surface area contributed by atoms with E-state index in [1.54, 1.807) is 14.0 Å². The van der Waals surface area contributed by atoms with Crippen LogP contribution in [0.2, 0.25) is 0 Å². The summed E-state index contributed by atoms with van der Waals surface area (Å²) in [5.41, 5.74) is 1.15. The minimum absolute atomic E-state index is 0.0507. The third kappa shape index (κ3) is 2.95. The normalized spacial score (nSPS) is 15.8. The molecule has 1 saturated carbocycles. The zero-order valence-corrected chi connectivity index (χ0v) is 13.7. The van der Waals surface area contributed by atoms with E-state index in [1.165, 1.54) is 17.5 Å². The smallest absolute Gasteiger partial charge is 0.273 e. The first-order chi connectivity index (χ1) is 10.9. The van der Waals surface area contributed by atoms with Crippen molar-refractivity contribution in [2.45, 2.75) is 45.6 Å². The molecule has 1 atom stereocenters. The van der Waals surface area contributed by atoms with E-state index in [4.69, 9.17) is 0 Å². The van der Waals surface area contributed by atoms with Gasteiger partial charge in [-0.2, -0.15) is 0 Å². The van der Waals surface area contributed by atoms with Crippen LogP contribution in [0.5, 0.6) is 0 Å². The van der Waals surface area contributed by atoms with Crippen molar-refractivity contribution < 1.29 is 4.79 Å². The van der Waals surface area contributed by atoms with Crippen LogP contribution in [0.15, 0.2) is 9.59 Å². The number of nitrogens with zero attached hydrogens (tertiary/aromatic N) is 1. The van der Waals surface area contributed by atoms with Crippen LogP contribution < -0.4 is 16.4 Å². The van der Waals surface area contributed by atoms with Crippen LogP contribution >= 0.6 is 0 Å². The Balaban J connectivity index is 1.80. The molecule has 0 radical (unpaired) electrons. The third-order valence-electron chi connectivity index (χ3n) is 4.72. The Bertz CT molecular complexity index is 870. The van der Waals surface area contributed by atoms with E-state index >= 15 is 0 Å². The molecule has 124 valence electrons. The zero-order chi connectivity index (χ0) is 16.7. The molecule has 0 aliphatic heterocycles. The van der Waals surface area contributed by atoms with Gasteiger partial charge < -0.3 is 10.3 Å². The van der Waals surface area contributed by atoms with Crippen molar-refractivity contribution in [1.29, 1.82) is 0 Å². The van der Waals surface area contributed by atoms with Crippen molar-refractivity contribution >= 4 is 16.9 Å². The first-order valence-electron chi connectivity index (χ1n) is 7.98. The van der Waals surface area contributed by atoms with E-state index < -0.39 is 0 Å². The zero-order valence-electron chi connectivity index (χ0n) is 13.7. The summed E-state index contributed by atoms with van der Waals surface area (Å²) in [5, 5.41) is 6.09. The van der Waals surface area contributed by atoms with Gasteiger partial charge in [0, 0.05) is 25.1 Å². The average molecular weight is 318 g/mol. The Labute approximate surface area is 133 Å². The fourth-order valence-electron chi connectivity index (χ4n) is 3.12. The summed E-state index contributed by atoms with van der Waals surface area (Å²) in [6.07, 6.45) is 2.92. The van der Waals surface area contributed by atoms with Gasteiger partial charge in [0.25, 0.3) is 11.1 Å². The molecule has 1 aliphatic carbocycles. The van der Waals surface area contributed by atoms with Gasteiger partial charge in [-0.3, -0.25) is 24.2 Å². The van der Waals surface area contributed by atoms with Crippen molar-refractivity contribution in [3.8, 4) is 0 Å². The van der Waals surface area contributed by atoms with Gasteiger partial charge in [0.15, 0.2) is 0 Å². The summed E-state index contributed by atoms with van der Waals surface area (Å²) in [4.78, 5) is 39.0. The molecule has 0 unspecified atom stereocenters. The molecule has 0 spiro atoms. The molecule has 1 aliphatic rings. The van der Waals surface area contributed by atoms with Gasteiger partial charge in [0.05, 0.1) is 5.39 Å². The first kappa shape index (κ1) is 15.6. The Morgan fingerprint density at radius 2 is 2.04 bits per heavy atom. The molecule has 7 heteroatoms. The molecular weight excluding hydrogens is 296 g/mol. The lowest BCUT2D eigenvalue weighted by Gasteiger charge is -2.13. The van der Waals surface area contributed by atoms with Crippen molar-refractivity contribution in [1.82, 2.24) is 20.1 Å². The summed E-state index contributed by atoms with van der Waals surface area (Å²) in [7, 11) is 1.67. The number of hydrogen-bond donors (Lipinski definition) is 3. The molecule has 7 nitrogen and oxygen atoms in total. The fraction of sp³-hybridized carbons (Fsp3) is 0.562. The second kappa shape index (κ2) is 5.72. The molecule has 0 bridgehead atoms. The largest absolute Gasteiger partial charge is 0.353 e. The third-order valence-corrected chi connectivity index (χ3v) is 4.72. The van der Waals surface area contributed by atoms with Gasteiger partial charge in [-0.05, 0) is 44.6 Å². The van der Waals surface area contributed by atoms with Crippen molar-refractivity contribution in [2.75, 3.05) is 0 Å². The summed E-state index contributed by atoms with van der Waals surface area (Å²) < 4.78 is 1.50. The quantitative estimate of drug-likeness (QED) is 0.757. The standard InChI is InChI=1S/C16H22N4O3/c1-8-11(6-7-12(21)17-9(2)10-4-5-10)15(22)18-14-13(8)16(23)19-20(14)3/h9-10H,4-7H2,1-3H3,(H,17,21)(H,18,22)(H,19,23)/t9-/m1/s1. The highest BCUT2D eigenvalue weighted by atomic mass is 16.2. The van der Waals surface area contributed by atoms with Gasteiger partial charge in [-0.25, -0.2) is 0 Å². The number of pyridine rings is 1. The average Bonchev–Trinajstić information content (AvgIpc) is 3.26. The van der Waals surface area contributed by atoms with Crippen LogP contribution in [0.25, 0.3) is 11.0 Å². The number of aryl methyl sites for hydroxylation is 2. The van der Waals surface area contributed by atoms with Crippen LogP contribution in [-0.2, 0) is 18.3 Å². The highest BCUT2D eigenvalue weighted by Crippen LogP contribution is 2.32. The number of aromatic amines is 2. The number of H-pyrrole nitrogens is 2. The lowest BCUT2D eigenvalue weighted by Crippen LogP contribution is -2.34. The summed E-state index contributed by atoms with van der Waals surface area (Å²) in [6, 6.07) is 0.196. The maximum atomic E-state index is 12.3. The Morgan fingerprint density at radius 1 is 1.35 bits per heavy atom. The molecule has 3 rings (SSSR count). The minimum Gasteiger partial charge on any atom is -0.353 e. The van der Waals surface area contributed by atoms with E-state index in [2.05, 4.69) is 15.4 Å². The number of nitrogens with one attached hydrogen (secondary N) is 3. The lowest BCUT2D eigenvalue weighted by molar-refractivity contribution is -0.121. The molecule has 1 fully saturated rings. The van der Waals surface area contributed by atoms with Gasteiger partial charge in [-0.15, -0.1) is 0 Å². The summed E-state index contributed by atoms with van der Waals surface area (Å²) >= 11 is 0. The molecule has 0 aromatic carbocycles. The van der Waals surface area contributed by atoms with E-state index in [1.807, 2.05) is 6.92 Å². The Kier molecular flexibility index (Phi) is 3.87. The Hall–Kier alpha value is -2.31. The number of carbonyl (C=O) groups is 1. The van der Waals surface area contributed by atoms with Gasteiger partial charge in [-0.1, -0.05) is 0 Å². The molecule has 23 heavy (non-hydrogen) atoms. The minimum atomic E-state index is -0.243. The highest BCUT2D eigenvalue weighted by molar-refractivity contribution is 5.80. The SMILES string of the molecule is Cc1c(CCC(=O)N[C@H](C)C2CC2)c(=O)[nH]c2c1c(=O)[nH]n2C. The Morgan fingerprint density at radius 3 is 2.70 bits per heavy atom. The van der Waals surface area contributed by atoms with E-state index in [-0.39, 0.29) is 29.5 Å². The number of rotatable bonds is 5. The van der Waals surface area contributed by atoms with Crippen LogP contribution in [0.3, 0.4) is 0 Å². The molecule has 2 heterocycles.